The average Bonchev–Trinajstić information content (AvgIpc) is 2.14. The molecule has 2 heteroatoms. The third kappa shape index (κ3) is 2.28. The first-order valence-electron chi connectivity index (χ1n) is 4.55. The summed E-state index contributed by atoms with van der Waals surface area (Å²) in [5.41, 5.74) is -0.102. The molecule has 1 rings (SSSR count). The van der Waals surface area contributed by atoms with Crippen LogP contribution < -0.4 is 0 Å². The molecule has 0 spiro atoms. The quantitative estimate of drug-likeness (QED) is 0.668. The molecule has 1 unspecified atom stereocenters. The summed E-state index contributed by atoms with van der Waals surface area (Å²) in [7, 11) is 0. The fraction of sp³-hybridized carbons (Fsp3) is 0.545. The standard InChI is InChI=1S/C11H16O2/c1-8-9(11(2,3)13)6-4-5-7-10(8)12/h4-6,8,13H,7H2,1-3H3. The highest BCUT2D eigenvalue weighted by Crippen LogP contribution is 2.27. The number of hydrogen-bond acceptors (Lipinski definition) is 2. The lowest BCUT2D eigenvalue weighted by Crippen LogP contribution is -2.29. The third-order valence-corrected chi connectivity index (χ3v) is 2.39. The largest absolute Gasteiger partial charge is 0.386 e. The normalized spacial score (nSPS) is 24.2. The number of allylic oxidation sites excluding steroid dienone is 3. The lowest BCUT2D eigenvalue weighted by molar-refractivity contribution is -0.121. The molecule has 0 aromatic carbocycles. The summed E-state index contributed by atoms with van der Waals surface area (Å²) in [6, 6.07) is 0. The second-order valence-corrected chi connectivity index (χ2v) is 4.00. The van der Waals surface area contributed by atoms with Crippen LogP contribution in [0, 0.1) is 5.92 Å². The Bertz CT molecular complexity index is 266. The lowest BCUT2D eigenvalue weighted by atomic mass is 9.85. The van der Waals surface area contributed by atoms with Crippen LogP contribution in [-0.4, -0.2) is 16.5 Å². The van der Waals surface area contributed by atoms with Crippen LogP contribution in [0.25, 0.3) is 0 Å². The van der Waals surface area contributed by atoms with Crippen LogP contribution >= 0.6 is 0 Å². The van der Waals surface area contributed by atoms with Gasteiger partial charge in [0.25, 0.3) is 0 Å². The fourth-order valence-electron chi connectivity index (χ4n) is 1.58. The first kappa shape index (κ1) is 10.2. The highest BCUT2D eigenvalue weighted by atomic mass is 16.3. The number of aliphatic hydroxyl groups is 1. The molecular formula is C11H16O2. The summed E-state index contributed by atoms with van der Waals surface area (Å²) in [6.45, 7) is 5.27. The number of hydrogen-bond donors (Lipinski definition) is 1. The Morgan fingerprint density at radius 3 is 2.69 bits per heavy atom. The van der Waals surface area contributed by atoms with Crippen molar-refractivity contribution in [2.24, 2.45) is 5.92 Å². The molecule has 0 saturated heterocycles. The van der Waals surface area contributed by atoms with Gasteiger partial charge >= 0.3 is 0 Å². The zero-order valence-electron chi connectivity index (χ0n) is 8.37. The van der Waals surface area contributed by atoms with E-state index in [1.807, 2.05) is 25.2 Å². The number of ketones is 1. The van der Waals surface area contributed by atoms with E-state index in [2.05, 4.69) is 0 Å². The Morgan fingerprint density at radius 2 is 2.15 bits per heavy atom. The van der Waals surface area contributed by atoms with Crippen molar-refractivity contribution < 1.29 is 9.90 Å². The minimum atomic E-state index is -0.899. The lowest BCUT2D eigenvalue weighted by Gasteiger charge is -2.25. The molecule has 0 fully saturated rings. The molecule has 1 aliphatic carbocycles. The SMILES string of the molecule is CC1C(=O)CC=CC=C1C(C)(C)O. The Balaban J connectivity index is 3.00. The van der Waals surface area contributed by atoms with Crippen LogP contribution in [-0.2, 0) is 4.79 Å². The smallest absolute Gasteiger partial charge is 0.143 e. The van der Waals surface area contributed by atoms with Crippen molar-refractivity contribution in [3.63, 3.8) is 0 Å². The zero-order chi connectivity index (χ0) is 10.1. The molecule has 1 aliphatic rings. The number of rotatable bonds is 1. The van der Waals surface area contributed by atoms with Crippen molar-refractivity contribution in [2.75, 3.05) is 0 Å². The van der Waals surface area contributed by atoms with E-state index in [1.54, 1.807) is 13.8 Å². The van der Waals surface area contributed by atoms with Gasteiger partial charge < -0.3 is 5.11 Å². The van der Waals surface area contributed by atoms with E-state index in [0.29, 0.717) is 6.42 Å². The molecule has 0 bridgehead atoms. The Morgan fingerprint density at radius 1 is 1.54 bits per heavy atom. The second kappa shape index (κ2) is 3.46. The van der Waals surface area contributed by atoms with E-state index in [1.165, 1.54) is 0 Å². The van der Waals surface area contributed by atoms with Gasteiger partial charge in [0.2, 0.25) is 0 Å². The average molecular weight is 180 g/mol. The topological polar surface area (TPSA) is 37.3 Å². The molecule has 0 aliphatic heterocycles. The second-order valence-electron chi connectivity index (χ2n) is 4.00. The molecule has 0 saturated carbocycles. The van der Waals surface area contributed by atoms with E-state index in [-0.39, 0.29) is 11.7 Å². The molecule has 0 heterocycles. The minimum absolute atomic E-state index is 0.169. The summed E-state index contributed by atoms with van der Waals surface area (Å²) in [6.07, 6.45) is 5.99. The van der Waals surface area contributed by atoms with Crippen LogP contribution in [0.5, 0.6) is 0 Å². The van der Waals surface area contributed by atoms with Crippen molar-refractivity contribution >= 4 is 5.78 Å². The van der Waals surface area contributed by atoms with Crippen molar-refractivity contribution in [3.8, 4) is 0 Å². The Kier molecular flexibility index (Phi) is 2.71. The van der Waals surface area contributed by atoms with Crippen molar-refractivity contribution in [1.82, 2.24) is 0 Å². The van der Waals surface area contributed by atoms with Gasteiger partial charge in [0.05, 0.1) is 5.60 Å². The van der Waals surface area contributed by atoms with Gasteiger partial charge in [0, 0.05) is 12.3 Å². The van der Waals surface area contributed by atoms with Gasteiger partial charge in [-0.15, -0.1) is 0 Å². The third-order valence-electron chi connectivity index (χ3n) is 2.39. The van der Waals surface area contributed by atoms with Crippen LogP contribution in [0.2, 0.25) is 0 Å². The van der Waals surface area contributed by atoms with Crippen molar-refractivity contribution in [1.29, 1.82) is 0 Å². The molecular weight excluding hydrogens is 164 g/mol. The molecule has 0 aromatic rings. The van der Waals surface area contributed by atoms with Gasteiger partial charge in [0.1, 0.15) is 5.78 Å². The van der Waals surface area contributed by atoms with Gasteiger partial charge in [-0.1, -0.05) is 25.2 Å². The predicted molar refractivity (Wildman–Crippen MR) is 52.3 cm³/mol. The molecule has 1 N–H and O–H groups in total. The summed E-state index contributed by atoms with van der Waals surface area (Å²) < 4.78 is 0. The van der Waals surface area contributed by atoms with Crippen LogP contribution in [0.4, 0.5) is 0 Å². The first-order valence-corrected chi connectivity index (χ1v) is 4.55. The summed E-state index contributed by atoms with van der Waals surface area (Å²) in [5.74, 6) is -0.00266. The fourth-order valence-corrected chi connectivity index (χ4v) is 1.58. The maximum atomic E-state index is 11.5. The van der Waals surface area contributed by atoms with Gasteiger partial charge in [-0.3, -0.25) is 4.79 Å². The Labute approximate surface area is 79.0 Å². The number of carbonyl (C=O) groups is 1. The first-order chi connectivity index (χ1) is 5.93. The monoisotopic (exact) mass is 180 g/mol. The Hall–Kier alpha value is -0.890. The van der Waals surface area contributed by atoms with Crippen LogP contribution in [0.1, 0.15) is 27.2 Å². The molecule has 2 nitrogen and oxygen atoms in total. The molecule has 1 atom stereocenters. The van der Waals surface area contributed by atoms with Gasteiger partial charge in [0.15, 0.2) is 0 Å². The summed E-state index contributed by atoms with van der Waals surface area (Å²) in [5, 5.41) is 9.80. The maximum Gasteiger partial charge on any atom is 0.143 e. The number of Topliss-reactive ketones (excluding diaryl/α,β-unsaturated/α-hetero) is 1. The van der Waals surface area contributed by atoms with Crippen molar-refractivity contribution in [3.05, 3.63) is 23.8 Å². The van der Waals surface area contributed by atoms with Crippen LogP contribution in [0.15, 0.2) is 23.8 Å². The molecule has 0 amide bonds. The predicted octanol–water partition coefficient (Wildman–Crippen LogP) is 1.85. The zero-order valence-corrected chi connectivity index (χ0v) is 8.37. The van der Waals surface area contributed by atoms with Gasteiger partial charge in [-0.25, -0.2) is 0 Å². The van der Waals surface area contributed by atoms with Gasteiger partial charge in [-0.2, -0.15) is 0 Å². The molecule has 72 valence electrons. The van der Waals surface area contributed by atoms with E-state index in [9.17, 15) is 9.90 Å². The molecule has 13 heavy (non-hydrogen) atoms. The highest BCUT2D eigenvalue weighted by molar-refractivity contribution is 5.85. The van der Waals surface area contributed by atoms with Crippen LogP contribution in [0.3, 0.4) is 0 Å². The number of carbonyl (C=O) groups excluding carboxylic acids is 1. The summed E-state index contributed by atoms with van der Waals surface area (Å²) in [4.78, 5) is 11.5. The van der Waals surface area contributed by atoms with E-state index in [4.69, 9.17) is 0 Å². The highest BCUT2D eigenvalue weighted by Gasteiger charge is 2.28. The van der Waals surface area contributed by atoms with E-state index in [0.717, 1.165) is 5.57 Å². The maximum absolute atomic E-state index is 11.5. The van der Waals surface area contributed by atoms with E-state index >= 15 is 0 Å². The minimum Gasteiger partial charge on any atom is -0.386 e. The molecule has 0 aromatic heterocycles. The van der Waals surface area contributed by atoms with Crippen molar-refractivity contribution in [2.45, 2.75) is 32.8 Å². The van der Waals surface area contributed by atoms with Gasteiger partial charge in [-0.05, 0) is 19.4 Å². The molecule has 0 radical (unpaired) electrons. The summed E-state index contributed by atoms with van der Waals surface area (Å²) >= 11 is 0. The van der Waals surface area contributed by atoms with E-state index < -0.39 is 5.60 Å².